The van der Waals surface area contributed by atoms with Crippen LogP contribution in [0.4, 0.5) is 0 Å². The molecule has 0 aliphatic carbocycles. The molecule has 0 saturated carbocycles. The predicted octanol–water partition coefficient (Wildman–Crippen LogP) is -0.218. The lowest BCUT2D eigenvalue weighted by atomic mass is 9.76. The molecule has 2 unspecified atom stereocenters. The van der Waals surface area contributed by atoms with Gasteiger partial charge in [-0.3, -0.25) is 9.59 Å². The zero-order chi connectivity index (χ0) is 10.9. The van der Waals surface area contributed by atoms with Crippen molar-refractivity contribution in [1.29, 1.82) is 0 Å². The third-order valence-corrected chi connectivity index (χ3v) is 3.09. The maximum absolute atomic E-state index is 12.1. The number of Topliss-reactive ketones (excluding diaryl/α,β-unsaturated/α-hetero) is 1. The van der Waals surface area contributed by atoms with E-state index in [-0.39, 0.29) is 12.4 Å². The second-order valence-corrected chi connectivity index (χ2v) is 4.04. The summed E-state index contributed by atoms with van der Waals surface area (Å²) in [6.07, 6.45) is 0.638. The van der Waals surface area contributed by atoms with Gasteiger partial charge in [-0.1, -0.05) is 0 Å². The summed E-state index contributed by atoms with van der Waals surface area (Å²) >= 11 is 0. The molecule has 2 saturated heterocycles. The molecule has 0 aromatic carbocycles. The summed E-state index contributed by atoms with van der Waals surface area (Å²) in [5.74, 6) is -1.37. The minimum Gasteiger partial charge on any atom is -0.468 e. The molecule has 5 heteroatoms. The summed E-state index contributed by atoms with van der Waals surface area (Å²) in [4.78, 5) is 23.4. The molecule has 84 valence electrons. The van der Waals surface area contributed by atoms with Crippen LogP contribution in [0.1, 0.15) is 6.42 Å². The number of ketones is 1. The van der Waals surface area contributed by atoms with Crippen LogP contribution in [0.25, 0.3) is 0 Å². The molecule has 5 nitrogen and oxygen atoms in total. The van der Waals surface area contributed by atoms with Crippen LogP contribution < -0.4 is 0 Å². The summed E-state index contributed by atoms with van der Waals surface area (Å²) in [5, 5.41) is 0. The molecule has 0 amide bonds. The van der Waals surface area contributed by atoms with Gasteiger partial charge in [0.2, 0.25) is 0 Å². The average Bonchev–Trinajstić information content (AvgIpc) is 2.71. The molecule has 0 aromatic heterocycles. The summed E-state index contributed by atoms with van der Waals surface area (Å²) in [6, 6.07) is 0. The van der Waals surface area contributed by atoms with Gasteiger partial charge in [-0.2, -0.15) is 0 Å². The highest BCUT2D eigenvalue weighted by molar-refractivity contribution is 6.02. The van der Waals surface area contributed by atoms with E-state index >= 15 is 0 Å². The Morgan fingerprint density at radius 3 is 2.80 bits per heavy atom. The Balaban J connectivity index is 2.16. The molecular weight excluding hydrogens is 200 g/mol. The molecule has 0 aromatic rings. The lowest BCUT2D eigenvalue weighted by Gasteiger charge is -2.33. The first-order valence-electron chi connectivity index (χ1n) is 4.97. The zero-order valence-electron chi connectivity index (χ0n) is 8.65. The number of hydrogen-bond acceptors (Lipinski definition) is 5. The number of carbonyl (C=O) groups is 2. The van der Waals surface area contributed by atoms with Crippen molar-refractivity contribution in [2.45, 2.75) is 6.42 Å². The number of carbonyl (C=O) groups excluding carboxylic acids is 2. The first kappa shape index (κ1) is 10.6. The van der Waals surface area contributed by atoms with Crippen LogP contribution in [0.15, 0.2) is 0 Å². The minimum absolute atomic E-state index is 0.0851. The van der Waals surface area contributed by atoms with E-state index in [4.69, 9.17) is 9.47 Å². The molecule has 2 heterocycles. The average molecular weight is 214 g/mol. The molecular formula is C10H14O5. The molecule has 2 aliphatic heterocycles. The van der Waals surface area contributed by atoms with Crippen molar-refractivity contribution in [2.24, 2.45) is 11.3 Å². The number of hydrogen-bond donors (Lipinski definition) is 0. The van der Waals surface area contributed by atoms with Crippen LogP contribution >= 0.6 is 0 Å². The fraction of sp³-hybridized carbons (Fsp3) is 0.800. The number of methoxy groups -OCH3 is 1. The Bertz CT molecular complexity index is 280. The van der Waals surface area contributed by atoms with Gasteiger partial charge in [0.25, 0.3) is 0 Å². The number of esters is 1. The molecule has 15 heavy (non-hydrogen) atoms. The van der Waals surface area contributed by atoms with Crippen LogP contribution in [0.3, 0.4) is 0 Å². The maximum Gasteiger partial charge on any atom is 0.318 e. The Labute approximate surface area is 87.7 Å². The van der Waals surface area contributed by atoms with E-state index in [1.54, 1.807) is 0 Å². The predicted molar refractivity (Wildman–Crippen MR) is 49.2 cm³/mol. The fourth-order valence-corrected chi connectivity index (χ4v) is 2.12. The quantitative estimate of drug-likeness (QED) is 0.446. The van der Waals surface area contributed by atoms with Gasteiger partial charge in [-0.05, 0) is 6.42 Å². The molecule has 2 fully saturated rings. The van der Waals surface area contributed by atoms with Gasteiger partial charge < -0.3 is 14.2 Å². The van der Waals surface area contributed by atoms with Crippen molar-refractivity contribution in [3.05, 3.63) is 0 Å². The normalized spacial score (nSPS) is 35.8. The Morgan fingerprint density at radius 1 is 1.47 bits per heavy atom. The van der Waals surface area contributed by atoms with Crippen LogP contribution in [0, 0.1) is 11.3 Å². The molecule has 0 N–H and O–H groups in total. The van der Waals surface area contributed by atoms with E-state index in [1.165, 1.54) is 7.11 Å². The van der Waals surface area contributed by atoms with Gasteiger partial charge in [0, 0.05) is 6.61 Å². The third kappa shape index (κ3) is 1.66. The van der Waals surface area contributed by atoms with E-state index in [0.29, 0.717) is 26.2 Å². The van der Waals surface area contributed by atoms with Gasteiger partial charge in [0.15, 0.2) is 5.78 Å². The summed E-state index contributed by atoms with van der Waals surface area (Å²) in [6.45, 7) is 1.41. The first-order valence-corrected chi connectivity index (χ1v) is 4.97. The third-order valence-electron chi connectivity index (χ3n) is 3.09. The zero-order valence-corrected chi connectivity index (χ0v) is 8.65. The van der Waals surface area contributed by atoms with Crippen LogP contribution in [-0.4, -0.2) is 45.3 Å². The largest absolute Gasteiger partial charge is 0.468 e. The van der Waals surface area contributed by atoms with Crippen molar-refractivity contribution in [3.8, 4) is 0 Å². The van der Waals surface area contributed by atoms with E-state index in [0.717, 1.165) is 0 Å². The highest BCUT2D eigenvalue weighted by Gasteiger charge is 2.50. The van der Waals surface area contributed by atoms with Crippen LogP contribution in [0.2, 0.25) is 0 Å². The monoisotopic (exact) mass is 214 g/mol. The highest BCUT2D eigenvalue weighted by atomic mass is 16.5. The minimum atomic E-state index is -0.773. The molecule has 2 rings (SSSR count). The SMILES string of the molecule is COC(=O)C1COCC2(CCOC2)C1=O. The van der Waals surface area contributed by atoms with Gasteiger partial charge in [0.1, 0.15) is 5.92 Å². The van der Waals surface area contributed by atoms with E-state index < -0.39 is 17.3 Å². The van der Waals surface area contributed by atoms with Crippen molar-refractivity contribution < 1.29 is 23.8 Å². The molecule has 2 atom stereocenters. The topological polar surface area (TPSA) is 61.8 Å². The first-order chi connectivity index (χ1) is 7.19. The highest BCUT2D eigenvalue weighted by Crippen LogP contribution is 2.36. The molecule has 1 spiro atoms. The van der Waals surface area contributed by atoms with E-state index in [1.807, 2.05) is 0 Å². The lowest BCUT2D eigenvalue weighted by molar-refractivity contribution is -0.164. The summed E-state index contributed by atoms with van der Waals surface area (Å²) in [7, 11) is 1.28. The Kier molecular flexibility index (Phi) is 2.75. The molecule has 0 bridgehead atoms. The van der Waals surface area contributed by atoms with Crippen molar-refractivity contribution in [3.63, 3.8) is 0 Å². The second-order valence-electron chi connectivity index (χ2n) is 4.04. The van der Waals surface area contributed by atoms with Crippen molar-refractivity contribution in [1.82, 2.24) is 0 Å². The van der Waals surface area contributed by atoms with Gasteiger partial charge in [0.05, 0.1) is 32.3 Å². The standard InChI is InChI=1S/C10H14O5/c1-13-9(12)7-4-15-6-10(8(7)11)2-3-14-5-10/h7H,2-6H2,1H3. The maximum atomic E-state index is 12.1. The van der Waals surface area contributed by atoms with Crippen LogP contribution in [-0.2, 0) is 23.8 Å². The Hall–Kier alpha value is -0.940. The van der Waals surface area contributed by atoms with Crippen molar-refractivity contribution in [2.75, 3.05) is 33.5 Å². The van der Waals surface area contributed by atoms with Gasteiger partial charge in [-0.15, -0.1) is 0 Å². The second kappa shape index (κ2) is 3.90. The fourth-order valence-electron chi connectivity index (χ4n) is 2.12. The lowest BCUT2D eigenvalue weighted by Crippen LogP contribution is -2.49. The van der Waals surface area contributed by atoms with E-state index in [9.17, 15) is 9.59 Å². The summed E-state index contributed by atoms with van der Waals surface area (Å²) < 4.78 is 15.1. The van der Waals surface area contributed by atoms with E-state index in [2.05, 4.69) is 4.74 Å². The number of rotatable bonds is 1. The summed E-state index contributed by atoms with van der Waals surface area (Å²) in [5.41, 5.74) is -0.600. The smallest absolute Gasteiger partial charge is 0.318 e. The van der Waals surface area contributed by atoms with Gasteiger partial charge >= 0.3 is 5.97 Å². The molecule has 2 aliphatic rings. The van der Waals surface area contributed by atoms with Crippen molar-refractivity contribution >= 4 is 11.8 Å². The van der Waals surface area contributed by atoms with Crippen LogP contribution in [0.5, 0.6) is 0 Å². The number of ether oxygens (including phenoxy) is 3. The van der Waals surface area contributed by atoms with Gasteiger partial charge in [-0.25, -0.2) is 0 Å². The Morgan fingerprint density at radius 2 is 2.20 bits per heavy atom. The molecule has 0 radical (unpaired) electrons.